The zero-order valence-electron chi connectivity index (χ0n) is 19.3. The van der Waals surface area contributed by atoms with Gasteiger partial charge in [-0.3, -0.25) is 9.63 Å². The quantitative estimate of drug-likeness (QED) is 0.487. The van der Waals surface area contributed by atoms with E-state index >= 15 is 0 Å². The fourth-order valence-corrected chi connectivity index (χ4v) is 7.11. The summed E-state index contributed by atoms with van der Waals surface area (Å²) in [6.45, 7) is 2.27. The molecule has 0 aromatic carbocycles. The van der Waals surface area contributed by atoms with Crippen LogP contribution in [-0.4, -0.2) is 41.9 Å². The molecule has 0 aromatic heterocycles. The minimum Gasteiger partial charge on any atom is -0.481 e. The fourth-order valence-electron chi connectivity index (χ4n) is 7.11. The molecule has 7 nitrogen and oxygen atoms in total. The number of aliphatic carboxylic acids is 1. The minimum absolute atomic E-state index is 0.0985. The summed E-state index contributed by atoms with van der Waals surface area (Å²) >= 11 is 0. The van der Waals surface area contributed by atoms with Crippen molar-refractivity contribution in [3.05, 3.63) is 22.8 Å². The fraction of sp³-hybridized carbons (Fsp3) is 0.680. The maximum absolute atomic E-state index is 11.7. The van der Waals surface area contributed by atoms with Gasteiger partial charge in [0.25, 0.3) is 0 Å². The summed E-state index contributed by atoms with van der Waals surface area (Å²) in [5.41, 5.74) is 4.63. The monoisotopic (exact) mass is 439 g/mol. The van der Waals surface area contributed by atoms with E-state index in [1.54, 1.807) is 19.7 Å². The van der Waals surface area contributed by atoms with Gasteiger partial charge in [0.05, 0.1) is 18.2 Å². The van der Waals surface area contributed by atoms with E-state index in [4.69, 9.17) is 4.84 Å². The zero-order chi connectivity index (χ0) is 23.1. The molecule has 0 bridgehead atoms. The van der Waals surface area contributed by atoms with E-state index in [0.29, 0.717) is 18.3 Å². The summed E-state index contributed by atoms with van der Waals surface area (Å²) in [5, 5.41) is 23.2. The molecule has 172 valence electrons. The number of carbonyl (C=O) groups excluding carboxylic acids is 1. The maximum Gasteiger partial charge on any atom is 0.435 e. The molecule has 2 saturated carbocycles. The summed E-state index contributed by atoms with van der Waals surface area (Å²) in [4.78, 5) is 29.8. The molecule has 0 saturated heterocycles. The Morgan fingerprint density at radius 3 is 2.72 bits per heavy atom. The minimum atomic E-state index is -0.783. The van der Waals surface area contributed by atoms with Gasteiger partial charge >= 0.3 is 12.1 Å². The second kappa shape index (κ2) is 8.38. The van der Waals surface area contributed by atoms with Gasteiger partial charge in [-0.2, -0.15) is 5.26 Å². The van der Waals surface area contributed by atoms with E-state index < -0.39 is 17.5 Å². The Morgan fingerprint density at radius 1 is 1.25 bits per heavy atom. The van der Waals surface area contributed by atoms with Gasteiger partial charge in [-0.05, 0) is 91.3 Å². The van der Waals surface area contributed by atoms with Crippen molar-refractivity contribution in [1.82, 2.24) is 4.90 Å². The third-order valence-electron chi connectivity index (χ3n) is 8.80. The number of nitriles is 1. The van der Waals surface area contributed by atoms with Crippen LogP contribution in [0.15, 0.2) is 28.0 Å². The molecule has 2 unspecified atom stereocenters. The van der Waals surface area contributed by atoms with Crippen LogP contribution in [-0.2, 0) is 9.63 Å². The highest BCUT2D eigenvalue weighted by molar-refractivity contribution is 5.97. The molecule has 4 aliphatic rings. The number of fused-ring (bicyclic) bond motifs is 4. The van der Waals surface area contributed by atoms with Crippen molar-refractivity contribution in [2.24, 2.45) is 27.8 Å². The Morgan fingerprint density at radius 2 is 2.03 bits per heavy atom. The number of carboxylic acid groups (broad SMARTS) is 1. The number of carbonyl (C=O) groups is 2. The SMILES string of the molecule is CN(C)C(=O)ON=C1C=C2CCC3C(=C2CC1)CC[C@@]1(C)C3CC[C@]1(CC#N)CC(=O)O. The Bertz CT molecular complexity index is 957. The lowest BCUT2D eigenvalue weighted by Crippen LogP contribution is -2.46. The van der Waals surface area contributed by atoms with Crippen molar-refractivity contribution in [2.45, 2.75) is 71.1 Å². The molecule has 1 N–H and O–H groups in total. The average molecular weight is 440 g/mol. The summed E-state index contributed by atoms with van der Waals surface area (Å²) < 4.78 is 0. The van der Waals surface area contributed by atoms with E-state index in [1.807, 2.05) is 0 Å². The number of carboxylic acids is 1. The smallest absolute Gasteiger partial charge is 0.435 e. The van der Waals surface area contributed by atoms with Gasteiger partial charge in [0, 0.05) is 20.5 Å². The number of oxime groups is 1. The number of allylic oxidation sites excluding steroid dienone is 4. The first-order valence-electron chi connectivity index (χ1n) is 11.7. The summed E-state index contributed by atoms with van der Waals surface area (Å²) in [7, 11) is 3.26. The standard InChI is InChI=1S/C25H33N3O4/c1-24-10-8-19-18-7-5-17(27-32-23(31)28(2)3)14-16(18)4-6-20(19)21(24)9-11-25(24,12-13-26)15-22(29)30/h14,20-21H,4-12,15H2,1-3H3,(H,29,30)/t20?,21?,24-,25-/m0/s1. The van der Waals surface area contributed by atoms with E-state index in [-0.39, 0.29) is 11.8 Å². The molecule has 0 spiro atoms. The molecule has 32 heavy (non-hydrogen) atoms. The number of nitrogens with zero attached hydrogens (tertiary/aromatic N) is 3. The van der Waals surface area contributed by atoms with Gasteiger partial charge in [0.2, 0.25) is 0 Å². The lowest BCUT2D eigenvalue weighted by Gasteiger charge is -2.53. The normalized spacial score (nSPS) is 34.7. The maximum atomic E-state index is 11.7. The highest BCUT2D eigenvalue weighted by Crippen LogP contribution is 2.68. The Balaban J connectivity index is 1.60. The average Bonchev–Trinajstić information content (AvgIpc) is 3.03. The van der Waals surface area contributed by atoms with Crippen LogP contribution in [0.2, 0.25) is 0 Å². The van der Waals surface area contributed by atoms with Crippen LogP contribution < -0.4 is 0 Å². The molecule has 2 fully saturated rings. The molecular formula is C25H33N3O4. The van der Waals surface area contributed by atoms with Crippen LogP contribution in [0.5, 0.6) is 0 Å². The molecule has 0 aliphatic heterocycles. The molecule has 1 amide bonds. The van der Waals surface area contributed by atoms with Gasteiger partial charge in [-0.25, -0.2) is 4.79 Å². The number of rotatable bonds is 4. The number of hydrogen-bond donors (Lipinski definition) is 1. The third-order valence-corrected chi connectivity index (χ3v) is 8.80. The third kappa shape index (κ3) is 3.64. The van der Waals surface area contributed by atoms with Crippen LogP contribution in [0.3, 0.4) is 0 Å². The number of amides is 1. The van der Waals surface area contributed by atoms with Gasteiger partial charge < -0.3 is 10.0 Å². The van der Waals surface area contributed by atoms with Gasteiger partial charge in [0.15, 0.2) is 0 Å². The van der Waals surface area contributed by atoms with Crippen molar-refractivity contribution < 1.29 is 19.5 Å². The molecular weight excluding hydrogens is 406 g/mol. The van der Waals surface area contributed by atoms with Crippen LogP contribution in [0.4, 0.5) is 4.79 Å². The molecule has 0 aromatic rings. The second-order valence-corrected chi connectivity index (χ2v) is 10.4. The molecule has 4 aliphatic carbocycles. The van der Waals surface area contributed by atoms with E-state index in [0.717, 1.165) is 57.1 Å². The number of hydrogen-bond acceptors (Lipinski definition) is 5. The highest BCUT2D eigenvalue weighted by Gasteiger charge is 2.61. The molecule has 7 heteroatoms. The Hall–Kier alpha value is -2.62. The van der Waals surface area contributed by atoms with Crippen molar-refractivity contribution in [3.63, 3.8) is 0 Å². The Kier molecular flexibility index (Phi) is 5.91. The predicted molar refractivity (Wildman–Crippen MR) is 120 cm³/mol. The summed E-state index contributed by atoms with van der Waals surface area (Å²) in [5.74, 6) is 0.152. The topological polar surface area (TPSA) is 103 Å². The van der Waals surface area contributed by atoms with E-state index in [9.17, 15) is 20.0 Å². The predicted octanol–water partition coefficient (Wildman–Crippen LogP) is 5.05. The van der Waals surface area contributed by atoms with Crippen molar-refractivity contribution in [1.29, 1.82) is 5.26 Å². The van der Waals surface area contributed by atoms with Crippen LogP contribution in [0.25, 0.3) is 0 Å². The lowest BCUT2D eigenvalue weighted by atomic mass is 9.51. The van der Waals surface area contributed by atoms with Gasteiger partial charge in [-0.15, -0.1) is 0 Å². The lowest BCUT2D eigenvalue weighted by molar-refractivity contribution is -0.143. The molecule has 4 rings (SSSR count). The summed E-state index contributed by atoms with van der Waals surface area (Å²) in [6, 6.07) is 2.33. The van der Waals surface area contributed by atoms with Gasteiger partial charge in [0.1, 0.15) is 0 Å². The first-order valence-corrected chi connectivity index (χ1v) is 11.7. The van der Waals surface area contributed by atoms with Crippen molar-refractivity contribution in [3.8, 4) is 6.07 Å². The first kappa shape index (κ1) is 22.6. The Labute approximate surface area is 189 Å². The van der Waals surface area contributed by atoms with Crippen molar-refractivity contribution in [2.75, 3.05) is 14.1 Å². The zero-order valence-corrected chi connectivity index (χ0v) is 19.3. The summed E-state index contributed by atoms with van der Waals surface area (Å²) in [6.07, 6.45) is 9.55. The highest BCUT2D eigenvalue weighted by atomic mass is 16.7. The largest absolute Gasteiger partial charge is 0.481 e. The van der Waals surface area contributed by atoms with E-state index in [2.05, 4.69) is 24.2 Å². The second-order valence-electron chi connectivity index (χ2n) is 10.4. The van der Waals surface area contributed by atoms with Gasteiger partial charge in [-0.1, -0.05) is 17.7 Å². The molecule has 0 radical (unpaired) electrons. The van der Waals surface area contributed by atoms with Crippen LogP contribution in [0, 0.1) is 34.0 Å². The molecule has 4 atom stereocenters. The first-order chi connectivity index (χ1) is 15.2. The van der Waals surface area contributed by atoms with Crippen LogP contribution >= 0.6 is 0 Å². The van der Waals surface area contributed by atoms with E-state index in [1.165, 1.54) is 16.0 Å². The molecule has 0 heterocycles. The van der Waals surface area contributed by atoms with Crippen LogP contribution in [0.1, 0.15) is 71.1 Å². The van der Waals surface area contributed by atoms with Crippen molar-refractivity contribution >= 4 is 17.8 Å².